The minimum absolute atomic E-state index is 0.522. The average Bonchev–Trinajstić information content (AvgIpc) is 2.19. The van der Waals surface area contributed by atoms with Crippen molar-refractivity contribution in [3.8, 4) is 0 Å². The zero-order chi connectivity index (χ0) is 9.97. The van der Waals surface area contributed by atoms with E-state index in [1.165, 1.54) is 19.2 Å². The van der Waals surface area contributed by atoms with Gasteiger partial charge in [-0.1, -0.05) is 18.5 Å². The van der Waals surface area contributed by atoms with Crippen LogP contribution in [0, 0.1) is 5.92 Å². The highest BCUT2D eigenvalue weighted by molar-refractivity contribution is 6.29. The molecule has 0 amide bonds. The van der Waals surface area contributed by atoms with Crippen LogP contribution in [-0.2, 0) is 0 Å². The maximum absolute atomic E-state index is 5.81. The van der Waals surface area contributed by atoms with Crippen molar-refractivity contribution in [2.75, 3.05) is 18.0 Å². The van der Waals surface area contributed by atoms with Gasteiger partial charge in [0, 0.05) is 19.2 Å². The van der Waals surface area contributed by atoms with Gasteiger partial charge in [-0.25, -0.2) is 9.97 Å². The number of rotatable bonds is 1. The maximum Gasteiger partial charge on any atom is 0.134 e. The second-order valence-corrected chi connectivity index (χ2v) is 4.26. The van der Waals surface area contributed by atoms with Crippen molar-refractivity contribution in [2.45, 2.75) is 19.8 Å². The second kappa shape index (κ2) is 4.13. The average molecular weight is 212 g/mol. The van der Waals surface area contributed by atoms with Gasteiger partial charge in [0.25, 0.3) is 0 Å². The Bertz CT molecular complexity index is 308. The molecule has 0 radical (unpaired) electrons. The molecule has 0 spiro atoms. The van der Waals surface area contributed by atoms with E-state index in [4.69, 9.17) is 11.6 Å². The third-order valence-corrected chi connectivity index (χ3v) is 2.93. The van der Waals surface area contributed by atoms with Crippen molar-refractivity contribution >= 4 is 17.4 Å². The highest BCUT2D eigenvalue weighted by Crippen LogP contribution is 2.21. The topological polar surface area (TPSA) is 29.0 Å². The number of halogens is 1. The molecule has 2 rings (SSSR count). The second-order valence-electron chi connectivity index (χ2n) is 3.87. The minimum atomic E-state index is 0.522. The SMILES string of the molecule is CC1CCN(c2cc(Cl)ncn2)CC1. The first-order valence-corrected chi connectivity index (χ1v) is 5.36. The van der Waals surface area contributed by atoms with Gasteiger partial charge in [0.1, 0.15) is 17.3 Å². The molecule has 1 aliphatic heterocycles. The van der Waals surface area contributed by atoms with Crippen molar-refractivity contribution in [1.29, 1.82) is 0 Å². The molecule has 1 aromatic heterocycles. The zero-order valence-corrected chi connectivity index (χ0v) is 9.04. The van der Waals surface area contributed by atoms with E-state index < -0.39 is 0 Å². The van der Waals surface area contributed by atoms with E-state index in [0.717, 1.165) is 24.8 Å². The Kier molecular flexibility index (Phi) is 2.87. The molecule has 0 saturated carbocycles. The van der Waals surface area contributed by atoms with E-state index in [-0.39, 0.29) is 0 Å². The molecule has 1 saturated heterocycles. The fraction of sp³-hybridized carbons (Fsp3) is 0.600. The molecular weight excluding hydrogens is 198 g/mol. The first-order valence-electron chi connectivity index (χ1n) is 4.98. The first-order chi connectivity index (χ1) is 6.75. The molecule has 4 heteroatoms. The van der Waals surface area contributed by atoms with Crippen LogP contribution in [-0.4, -0.2) is 23.1 Å². The minimum Gasteiger partial charge on any atom is -0.356 e. The Balaban J connectivity index is 2.08. The summed E-state index contributed by atoms with van der Waals surface area (Å²) in [6.07, 6.45) is 4.00. The molecular formula is C10H14ClN3. The Hall–Kier alpha value is -0.830. The summed E-state index contributed by atoms with van der Waals surface area (Å²) in [5.41, 5.74) is 0. The summed E-state index contributed by atoms with van der Waals surface area (Å²) in [4.78, 5) is 10.4. The largest absolute Gasteiger partial charge is 0.356 e. The summed E-state index contributed by atoms with van der Waals surface area (Å²) in [5, 5.41) is 0.522. The van der Waals surface area contributed by atoms with E-state index in [1.54, 1.807) is 0 Å². The molecule has 0 bridgehead atoms. The Morgan fingerprint density at radius 3 is 2.71 bits per heavy atom. The summed E-state index contributed by atoms with van der Waals surface area (Å²) in [6.45, 7) is 4.45. The molecule has 0 unspecified atom stereocenters. The number of hydrogen-bond acceptors (Lipinski definition) is 3. The van der Waals surface area contributed by atoms with Gasteiger partial charge in [-0.3, -0.25) is 0 Å². The van der Waals surface area contributed by atoms with Crippen LogP contribution in [0.2, 0.25) is 5.15 Å². The fourth-order valence-electron chi connectivity index (χ4n) is 1.73. The molecule has 1 fully saturated rings. The molecule has 3 nitrogen and oxygen atoms in total. The quantitative estimate of drug-likeness (QED) is 0.668. The number of aromatic nitrogens is 2. The van der Waals surface area contributed by atoms with Gasteiger partial charge in [-0.2, -0.15) is 0 Å². The molecule has 0 N–H and O–H groups in total. The van der Waals surface area contributed by atoms with Crippen molar-refractivity contribution in [2.24, 2.45) is 5.92 Å². The molecule has 0 aromatic carbocycles. The molecule has 2 heterocycles. The van der Waals surface area contributed by atoms with Gasteiger partial charge in [-0.15, -0.1) is 0 Å². The number of nitrogens with zero attached hydrogens (tertiary/aromatic N) is 3. The van der Waals surface area contributed by atoms with E-state index in [0.29, 0.717) is 5.15 Å². The van der Waals surface area contributed by atoms with Crippen LogP contribution in [0.15, 0.2) is 12.4 Å². The van der Waals surface area contributed by atoms with Gasteiger partial charge in [-0.05, 0) is 18.8 Å². The number of hydrogen-bond donors (Lipinski definition) is 0. The van der Waals surface area contributed by atoms with Gasteiger partial charge in [0.15, 0.2) is 0 Å². The van der Waals surface area contributed by atoms with Gasteiger partial charge < -0.3 is 4.90 Å². The number of piperidine rings is 1. The lowest BCUT2D eigenvalue weighted by atomic mass is 9.99. The smallest absolute Gasteiger partial charge is 0.134 e. The third kappa shape index (κ3) is 2.15. The Labute approximate surface area is 89.1 Å². The lowest BCUT2D eigenvalue weighted by Crippen LogP contribution is -2.33. The van der Waals surface area contributed by atoms with Crippen LogP contribution in [0.3, 0.4) is 0 Å². The molecule has 14 heavy (non-hydrogen) atoms. The maximum atomic E-state index is 5.81. The normalized spacial score (nSPS) is 18.6. The molecule has 0 aliphatic carbocycles. The van der Waals surface area contributed by atoms with Crippen LogP contribution in [0.5, 0.6) is 0 Å². The lowest BCUT2D eigenvalue weighted by molar-refractivity contribution is 0.436. The highest BCUT2D eigenvalue weighted by Gasteiger charge is 2.16. The molecule has 1 aliphatic rings. The van der Waals surface area contributed by atoms with E-state index >= 15 is 0 Å². The predicted octanol–water partition coefficient (Wildman–Crippen LogP) is 2.37. The highest BCUT2D eigenvalue weighted by atomic mass is 35.5. The van der Waals surface area contributed by atoms with Gasteiger partial charge in [0.2, 0.25) is 0 Å². The van der Waals surface area contributed by atoms with Crippen molar-refractivity contribution in [3.63, 3.8) is 0 Å². The van der Waals surface area contributed by atoms with Crippen LogP contribution in [0.25, 0.3) is 0 Å². The first kappa shape index (κ1) is 9.71. The van der Waals surface area contributed by atoms with Crippen LogP contribution in [0.4, 0.5) is 5.82 Å². The standard InChI is InChI=1S/C10H14ClN3/c1-8-2-4-14(5-3-8)10-6-9(11)12-7-13-10/h6-8H,2-5H2,1H3. The summed E-state index contributed by atoms with van der Waals surface area (Å²) >= 11 is 5.81. The van der Waals surface area contributed by atoms with E-state index in [1.807, 2.05) is 6.07 Å². The summed E-state index contributed by atoms with van der Waals surface area (Å²) in [6, 6.07) is 1.83. The summed E-state index contributed by atoms with van der Waals surface area (Å²) in [5.74, 6) is 1.79. The van der Waals surface area contributed by atoms with Crippen LogP contribution >= 0.6 is 11.6 Å². The Morgan fingerprint density at radius 2 is 2.07 bits per heavy atom. The van der Waals surface area contributed by atoms with E-state index in [9.17, 15) is 0 Å². The van der Waals surface area contributed by atoms with Gasteiger partial charge in [0.05, 0.1) is 0 Å². The molecule has 76 valence electrons. The van der Waals surface area contributed by atoms with Crippen molar-refractivity contribution < 1.29 is 0 Å². The van der Waals surface area contributed by atoms with Gasteiger partial charge >= 0.3 is 0 Å². The van der Waals surface area contributed by atoms with E-state index in [2.05, 4.69) is 21.8 Å². The monoisotopic (exact) mass is 211 g/mol. The fourth-order valence-corrected chi connectivity index (χ4v) is 1.88. The lowest BCUT2D eigenvalue weighted by Gasteiger charge is -2.30. The zero-order valence-electron chi connectivity index (χ0n) is 8.28. The van der Waals surface area contributed by atoms with Crippen LogP contribution < -0.4 is 4.90 Å². The molecule has 1 aromatic rings. The number of anilines is 1. The third-order valence-electron chi connectivity index (χ3n) is 2.73. The molecule has 0 atom stereocenters. The predicted molar refractivity (Wildman–Crippen MR) is 57.7 cm³/mol. The summed E-state index contributed by atoms with van der Waals surface area (Å²) in [7, 11) is 0. The van der Waals surface area contributed by atoms with Crippen LogP contribution in [0.1, 0.15) is 19.8 Å². The summed E-state index contributed by atoms with van der Waals surface area (Å²) < 4.78 is 0. The van der Waals surface area contributed by atoms with Crippen molar-refractivity contribution in [3.05, 3.63) is 17.5 Å². The Morgan fingerprint density at radius 1 is 1.36 bits per heavy atom. The van der Waals surface area contributed by atoms with Crippen molar-refractivity contribution in [1.82, 2.24) is 9.97 Å².